The fraction of sp³-hybridized carbons (Fsp3) is 0.273. The number of hydrogen-bond acceptors (Lipinski definition) is 5. The minimum Gasteiger partial charge on any atom is -0.459 e. The third-order valence-electron chi connectivity index (χ3n) is 2.30. The molecule has 0 aliphatic heterocycles. The van der Waals surface area contributed by atoms with Crippen molar-refractivity contribution in [2.24, 2.45) is 11.1 Å². The summed E-state index contributed by atoms with van der Waals surface area (Å²) in [6.07, 6.45) is 3.06. The van der Waals surface area contributed by atoms with Gasteiger partial charge in [0.25, 0.3) is 5.89 Å². The first-order valence-electron chi connectivity index (χ1n) is 5.02. The SMILES string of the molecule is CC(C)([CH]c1noc(-c2ccco2)n1)C(N)=O. The summed E-state index contributed by atoms with van der Waals surface area (Å²) in [5.74, 6) is 0.595. The minimum atomic E-state index is -0.829. The lowest BCUT2D eigenvalue weighted by Crippen LogP contribution is -2.32. The zero-order chi connectivity index (χ0) is 12.5. The summed E-state index contributed by atoms with van der Waals surface area (Å²) >= 11 is 0. The molecule has 0 spiro atoms. The third kappa shape index (κ3) is 2.35. The first-order valence-corrected chi connectivity index (χ1v) is 5.02. The smallest absolute Gasteiger partial charge is 0.293 e. The number of carbonyl (C=O) groups excluding carboxylic acids is 1. The summed E-state index contributed by atoms with van der Waals surface area (Å²) < 4.78 is 10.1. The second-order valence-electron chi connectivity index (χ2n) is 4.17. The molecule has 0 fully saturated rings. The van der Waals surface area contributed by atoms with E-state index in [1.165, 1.54) is 6.26 Å². The van der Waals surface area contributed by atoms with Gasteiger partial charge in [0.1, 0.15) is 0 Å². The molecule has 2 heterocycles. The number of rotatable bonds is 4. The molecule has 0 unspecified atom stereocenters. The molecular weight excluding hydrogens is 222 g/mol. The van der Waals surface area contributed by atoms with Gasteiger partial charge < -0.3 is 14.7 Å². The van der Waals surface area contributed by atoms with Crippen LogP contribution in [-0.2, 0) is 4.79 Å². The summed E-state index contributed by atoms with van der Waals surface area (Å²) in [7, 11) is 0. The van der Waals surface area contributed by atoms with Crippen LogP contribution >= 0.6 is 0 Å². The Balaban J connectivity index is 2.17. The Bertz CT molecular complexity index is 514. The Labute approximate surface area is 97.8 Å². The number of hydrogen-bond donors (Lipinski definition) is 1. The molecule has 6 nitrogen and oxygen atoms in total. The predicted octanol–water partition coefficient (Wildman–Crippen LogP) is 1.39. The largest absolute Gasteiger partial charge is 0.459 e. The summed E-state index contributed by atoms with van der Waals surface area (Å²) in [5, 5.41) is 3.73. The second kappa shape index (κ2) is 4.04. The van der Waals surface area contributed by atoms with E-state index < -0.39 is 11.3 Å². The van der Waals surface area contributed by atoms with Crippen LogP contribution in [0.2, 0.25) is 0 Å². The molecule has 6 heteroatoms. The molecule has 0 atom stereocenters. The highest BCUT2D eigenvalue weighted by Crippen LogP contribution is 2.24. The molecule has 0 aliphatic carbocycles. The van der Waals surface area contributed by atoms with Gasteiger partial charge in [-0.2, -0.15) is 4.98 Å². The predicted molar refractivity (Wildman–Crippen MR) is 58.4 cm³/mol. The van der Waals surface area contributed by atoms with Crippen LogP contribution in [0.1, 0.15) is 19.7 Å². The summed E-state index contributed by atoms with van der Waals surface area (Å²) in [4.78, 5) is 15.2. The van der Waals surface area contributed by atoms with Gasteiger partial charge in [0.05, 0.1) is 11.7 Å². The molecule has 2 aromatic heterocycles. The Hall–Kier alpha value is -2.11. The van der Waals surface area contributed by atoms with Gasteiger partial charge >= 0.3 is 0 Å². The Morgan fingerprint density at radius 3 is 2.88 bits per heavy atom. The minimum absolute atomic E-state index is 0.265. The Morgan fingerprint density at radius 1 is 1.53 bits per heavy atom. The van der Waals surface area contributed by atoms with Crippen molar-refractivity contribution in [3.63, 3.8) is 0 Å². The topological polar surface area (TPSA) is 95.2 Å². The van der Waals surface area contributed by atoms with Crippen molar-refractivity contribution in [1.29, 1.82) is 0 Å². The molecule has 17 heavy (non-hydrogen) atoms. The number of aromatic nitrogens is 2. The third-order valence-corrected chi connectivity index (χ3v) is 2.30. The molecule has 2 aromatic rings. The average Bonchev–Trinajstić information content (AvgIpc) is 2.85. The van der Waals surface area contributed by atoms with Crippen LogP contribution in [0.5, 0.6) is 0 Å². The maximum Gasteiger partial charge on any atom is 0.293 e. The van der Waals surface area contributed by atoms with Crippen molar-refractivity contribution in [1.82, 2.24) is 10.1 Å². The van der Waals surface area contributed by atoms with Gasteiger partial charge in [-0.1, -0.05) is 19.0 Å². The average molecular weight is 234 g/mol. The standard InChI is InChI=1S/C11H12N3O3/c1-11(2,10(12)15)6-8-13-9(17-14-8)7-4-3-5-16-7/h3-6H,1-2H3,(H2,12,15). The van der Waals surface area contributed by atoms with Crippen LogP contribution in [0.4, 0.5) is 0 Å². The molecule has 0 saturated heterocycles. The van der Waals surface area contributed by atoms with E-state index in [1.54, 1.807) is 32.4 Å². The van der Waals surface area contributed by atoms with Crippen LogP contribution in [0, 0.1) is 11.8 Å². The number of nitrogens with two attached hydrogens (primary N) is 1. The van der Waals surface area contributed by atoms with Crippen molar-refractivity contribution >= 4 is 5.91 Å². The molecule has 1 amide bonds. The quantitative estimate of drug-likeness (QED) is 0.862. The van der Waals surface area contributed by atoms with Crippen molar-refractivity contribution < 1.29 is 13.7 Å². The number of primary amides is 1. The molecule has 0 aromatic carbocycles. The van der Waals surface area contributed by atoms with Crippen molar-refractivity contribution in [3.8, 4) is 11.7 Å². The lowest BCUT2D eigenvalue weighted by molar-refractivity contribution is -0.124. The number of furan rings is 1. The fourth-order valence-corrected chi connectivity index (χ4v) is 1.19. The number of carbonyl (C=O) groups is 1. The monoisotopic (exact) mass is 234 g/mol. The van der Waals surface area contributed by atoms with E-state index in [1.807, 2.05) is 0 Å². The number of amides is 1. The van der Waals surface area contributed by atoms with E-state index in [9.17, 15) is 4.79 Å². The van der Waals surface area contributed by atoms with Crippen LogP contribution in [-0.4, -0.2) is 16.0 Å². The lowest BCUT2D eigenvalue weighted by atomic mass is 9.88. The zero-order valence-corrected chi connectivity index (χ0v) is 9.51. The van der Waals surface area contributed by atoms with Gasteiger partial charge in [-0.05, 0) is 12.1 Å². The highest BCUT2D eigenvalue weighted by Gasteiger charge is 2.28. The van der Waals surface area contributed by atoms with E-state index in [0.717, 1.165) is 0 Å². The van der Waals surface area contributed by atoms with E-state index in [4.69, 9.17) is 14.7 Å². The second-order valence-corrected chi connectivity index (χ2v) is 4.17. The molecule has 2 N–H and O–H groups in total. The maximum atomic E-state index is 11.1. The van der Waals surface area contributed by atoms with E-state index in [0.29, 0.717) is 11.6 Å². The van der Waals surface area contributed by atoms with Gasteiger partial charge in [0.15, 0.2) is 11.6 Å². The lowest BCUT2D eigenvalue weighted by Gasteiger charge is -2.16. The summed E-state index contributed by atoms with van der Waals surface area (Å²) in [6.45, 7) is 3.36. The molecule has 0 aliphatic rings. The van der Waals surface area contributed by atoms with Crippen LogP contribution in [0.15, 0.2) is 27.3 Å². The van der Waals surface area contributed by atoms with Crippen molar-refractivity contribution in [2.45, 2.75) is 13.8 Å². The van der Waals surface area contributed by atoms with Gasteiger partial charge in [0.2, 0.25) is 5.91 Å². The van der Waals surface area contributed by atoms with Crippen molar-refractivity contribution in [3.05, 3.63) is 30.6 Å². The number of nitrogens with zero attached hydrogens (tertiary/aromatic N) is 2. The van der Waals surface area contributed by atoms with E-state index in [2.05, 4.69) is 10.1 Å². The van der Waals surface area contributed by atoms with Gasteiger partial charge in [-0.15, -0.1) is 0 Å². The Morgan fingerprint density at radius 2 is 2.29 bits per heavy atom. The molecule has 0 bridgehead atoms. The highest BCUT2D eigenvalue weighted by molar-refractivity contribution is 5.81. The zero-order valence-electron chi connectivity index (χ0n) is 9.51. The summed E-state index contributed by atoms with van der Waals surface area (Å²) in [5.41, 5.74) is 4.42. The van der Waals surface area contributed by atoms with Crippen LogP contribution < -0.4 is 5.73 Å². The van der Waals surface area contributed by atoms with Gasteiger partial charge in [0, 0.05) is 6.42 Å². The van der Waals surface area contributed by atoms with Crippen LogP contribution in [0.3, 0.4) is 0 Å². The summed E-state index contributed by atoms with van der Waals surface area (Å²) in [6, 6.07) is 3.42. The van der Waals surface area contributed by atoms with Crippen molar-refractivity contribution in [2.75, 3.05) is 0 Å². The van der Waals surface area contributed by atoms with Gasteiger partial charge in [-0.25, -0.2) is 0 Å². The molecule has 1 radical (unpaired) electrons. The Kier molecular flexibility index (Phi) is 2.71. The molecule has 0 saturated carbocycles. The normalized spacial score (nSPS) is 11.6. The molecular formula is C11H12N3O3. The highest BCUT2D eigenvalue weighted by atomic mass is 16.5. The molecule has 89 valence electrons. The fourth-order valence-electron chi connectivity index (χ4n) is 1.19. The molecule has 2 rings (SSSR count). The van der Waals surface area contributed by atoms with E-state index >= 15 is 0 Å². The van der Waals surface area contributed by atoms with Crippen LogP contribution in [0.25, 0.3) is 11.7 Å². The first kappa shape index (κ1) is 11.4. The maximum absolute atomic E-state index is 11.1. The van der Waals surface area contributed by atoms with Gasteiger partial charge in [-0.3, -0.25) is 4.79 Å². The first-order chi connectivity index (χ1) is 7.99. The van der Waals surface area contributed by atoms with E-state index in [-0.39, 0.29) is 5.89 Å².